The highest BCUT2D eigenvalue weighted by molar-refractivity contribution is 6.37. The number of amides is 1. The van der Waals surface area contributed by atoms with Gasteiger partial charge in [-0.2, -0.15) is 5.26 Å². The van der Waals surface area contributed by atoms with E-state index in [0.29, 0.717) is 22.2 Å². The lowest BCUT2D eigenvalue weighted by Gasteiger charge is -2.22. The fraction of sp³-hybridized carbons (Fsp3) is 0.125. The van der Waals surface area contributed by atoms with E-state index in [-0.39, 0.29) is 12.3 Å². The molecule has 21 heavy (non-hydrogen) atoms. The molecule has 0 aromatic heterocycles. The van der Waals surface area contributed by atoms with Crippen LogP contribution in [0.3, 0.4) is 0 Å². The van der Waals surface area contributed by atoms with E-state index in [2.05, 4.69) is 6.07 Å². The molecule has 0 aliphatic rings. The zero-order valence-electron chi connectivity index (χ0n) is 11.1. The molecule has 2 aromatic rings. The second-order valence-corrected chi connectivity index (χ2v) is 5.17. The third-order valence-electron chi connectivity index (χ3n) is 2.92. The Morgan fingerprint density at radius 1 is 1.14 bits per heavy atom. The summed E-state index contributed by atoms with van der Waals surface area (Å²) in [6.45, 7) is 0.304. The van der Waals surface area contributed by atoms with Gasteiger partial charge >= 0.3 is 0 Å². The number of anilines is 1. The third-order valence-corrected chi connectivity index (χ3v) is 3.47. The maximum atomic E-state index is 12.7. The Morgan fingerprint density at radius 2 is 1.86 bits per heavy atom. The van der Waals surface area contributed by atoms with Crippen molar-refractivity contribution in [1.29, 1.82) is 5.26 Å². The first-order chi connectivity index (χ1) is 10.1. The summed E-state index contributed by atoms with van der Waals surface area (Å²) in [4.78, 5) is 14.2. The Morgan fingerprint density at radius 3 is 2.48 bits per heavy atom. The predicted molar refractivity (Wildman–Crippen MR) is 84.8 cm³/mol. The highest BCUT2D eigenvalue weighted by Gasteiger charge is 2.19. The number of hydrogen-bond donors (Lipinski definition) is 0. The standard InChI is InChI=1S/C16H12Cl2N2O/c17-12-7-8-14(15(18)11-12)16(21)20(10-4-9-19)13-5-2-1-3-6-13/h1-3,5-8,11H,4,10H2. The van der Waals surface area contributed by atoms with Gasteiger partial charge in [0.2, 0.25) is 0 Å². The molecule has 0 unspecified atom stereocenters. The number of nitrogens with zero attached hydrogens (tertiary/aromatic N) is 2. The Bertz CT molecular complexity index is 680. The van der Waals surface area contributed by atoms with Crippen LogP contribution in [0, 0.1) is 11.3 Å². The zero-order valence-corrected chi connectivity index (χ0v) is 12.6. The second kappa shape index (κ2) is 7.12. The molecular formula is C16H12Cl2N2O. The summed E-state index contributed by atoms with van der Waals surface area (Å²) in [7, 11) is 0. The fourth-order valence-electron chi connectivity index (χ4n) is 1.93. The first-order valence-corrected chi connectivity index (χ1v) is 7.08. The van der Waals surface area contributed by atoms with Crippen molar-refractivity contribution in [2.45, 2.75) is 6.42 Å². The molecule has 0 bridgehead atoms. The van der Waals surface area contributed by atoms with Crippen LogP contribution in [-0.2, 0) is 0 Å². The van der Waals surface area contributed by atoms with Crippen molar-refractivity contribution in [2.75, 3.05) is 11.4 Å². The van der Waals surface area contributed by atoms with Crippen molar-refractivity contribution in [2.24, 2.45) is 0 Å². The smallest absolute Gasteiger partial charge is 0.259 e. The van der Waals surface area contributed by atoms with Gasteiger partial charge in [-0.15, -0.1) is 0 Å². The Balaban J connectivity index is 2.37. The molecule has 0 atom stereocenters. The summed E-state index contributed by atoms with van der Waals surface area (Å²) in [6.07, 6.45) is 0.242. The molecule has 0 heterocycles. The van der Waals surface area contributed by atoms with Crippen LogP contribution in [0.5, 0.6) is 0 Å². The van der Waals surface area contributed by atoms with Crippen LogP contribution in [0.25, 0.3) is 0 Å². The van der Waals surface area contributed by atoms with Crippen LogP contribution >= 0.6 is 23.2 Å². The number of para-hydroxylation sites is 1. The van der Waals surface area contributed by atoms with E-state index in [1.807, 2.05) is 30.3 Å². The van der Waals surface area contributed by atoms with Crippen molar-refractivity contribution in [1.82, 2.24) is 0 Å². The Hall–Kier alpha value is -2.02. The molecule has 1 amide bonds. The molecule has 106 valence electrons. The van der Waals surface area contributed by atoms with E-state index in [1.165, 1.54) is 6.07 Å². The molecule has 0 fully saturated rings. The Kier molecular flexibility index (Phi) is 5.21. The Labute approximate surface area is 133 Å². The number of carbonyl (C=O) groups is 1. The van der Waals surface area contributed by atoms with Crippen LogP contribution in [0.4, 0.5) is 5.69 Å². The normalized spacial score (nSPS) is 9.95. The minimum Gasteiger partial charge on any atom is -0.307 e. The molecular weight excluding hydrogens is 307 g/mol. The molecule has 0 radical (unpaired) electrons. The number of carbonyl (C=O) groups excluding carboxylic acids is 1. The fourth-order valence-corrected chi connectivity index (χ4v) is 2.42. The first kappa shape index (κ1) is 15.4. The van der Waals surface area contributed by atoms with Gasteiger partial charge in [-0.05, 0) is 30.3 Å². The predicted octanol–water partition coefficient (Wildman–Crippen LogP) is 4.55. The lowest BCUT2D eigenvalue weighted by atomic mass is 10.1. The van der Waals surface area contributed by atoms with Gasteiger partial charge in [0.1, 0.15) is 0 Å². The molecule has 0 spiro atoms. The molecule has 0 saturated carbocycles. The number of hydrogen-bond acceptors (Lipinski definition) is 2. The van der Waals surface area contributed by atoms with Gasteiger partial charge in [0.25, 0.3) is 5.91 Å². The van der Waals surface area contributed by atoms with Gasteiger partial charge in [-0.3, -0.25) is 4.79 Å². The lowest BCUT2D eigenvalue weighted by Crippen LogP contribution is -2.32. The minimum atomic E-state index is -0.252. The van der Waals surface area contributed by atoms with Crippen LogP contribution in [-0.4, -0.2) is 12.5 Å². The highest BCUT2D eigenvalue weighted by Crippen LogP contribution is 2.24. The van der Waals surface area contributed by atoms with Crippen molar-refractivity contribution >= 4 is 34.8 Å². The largest absolute Gasteiger partial charge is 0.307 e. The molecule has 3 nitrogen and oxygen atoms in total. The summed E-state index contributed by atoms with van der Waals surface area (Å²) in [6, 6.07) is 16.0. The van der Waals surface area contributed by atoms with Gasteiger partial charge in [-0.25, -0.2) is 0 Å². The number of benzene rings is 2. The topological polar surface area (TPSA) is 44.1 Å². The molecule has 0 saturated heterocycles. The van der Waals surface area contributed by atoms with Crippen LogP contribution in [0.1, 0.15) is 16.8 Å². The minimum absolute atomic E-state index is 0.242. The van der Waals surface area contributed by atoms with Crippen LogP contribution in [0.2, 0.25) is 10.0 Å². The van der Waals surface area contributed by atoms with E-state index < -0.39 is 0 Å². The van der Waals surface area contributed by atoms with Crippen molar-refractivity contribution < 1.29 is 4.79 Å². The van der Waals surface area contributed by atoms with Crippen molar-refractivity contribution in [3.8, 4) is 6.07 Å². The molecule has 2 rings (SSSR count). The average molecular weight is 319 g/mol. The summed E-state index contributed by atoms with van der Waals surface area (Å²) < 4.78 is 0. The molecule has 0 aliphatic carbocycles. The molecule has 2 aromatic carbocycles. The van der Waals surface area contributed by atoms with E-state index >= 15 is 0 Å². The van der Waals surface area contributed by atoms with Crippen molar-refractivity contribution in [3.05, 3.63) is 64.1 Å². The average Bonchev–Trinajstić information content (AvgIpc) is 2.48. The van der Waals surface area contributed by atoms with Gasteiger partial charge in [0, 0.05) is 17.3 Å². The van der Waals surface area contributed by atoms with Crippen LogP contribution < -0.4 is 4.90 Å². The van der Waals surface area contributed by atoms with E-state index in [9.17, 15) is 4.79 Å². The summed E-state index contributed by atoms with van der Waals surface area (Å²) >= 11 is 11.9. The summed E-state index contributed by atoms with van der Waals surface area (Å²) in [5.41, 5.74) is 1.09. The highest BCUT2D eigenvalue weighted by atomic mass is 35.5. The monoisotopic (exact) mass is 318 g/mol. The molecule has 5 heteroatoms. The number of nitriles is 1. The van der Waals surface area contributed by atoms with Gasteiger partial charge < -0.3 is 4.90 Å². The van der Waals surface area contributed by atoms with Gasteiger partial charge in [0.05, 0.1) is 23.1 Å². The van der Waals surface area contributed by atoms with E-state index in [0.717, 1.165) is 5.69 Å². The maximum Gasteiger partial charge on any atom is 0.259 e. The number of halogens is 2. The zero-order chi connectivity index (χ0) is 15.2. The first-order valence-electron chi connectivity index (χ1n) is 6.32. The maximum absolute atomic E-state index is 12.7. The second-order valence-electron chi connectivity index (χ2n) is 4.32. The molecule has 0 aliphatic heterocycles. The van der Waals surface area contributed by atoms with E-state index in [1.54, 1.807) is 17.0 Å². The molecule has 0 N–H and O–H groups in total. The van der Waals surface area contributed by atoms with Gasteiger partial charge in [-0.1, -0.05) is 41.4 Å². The van der Waals surface area contributed by atoms with Crippen molar-refractivity contribution in [3.63, 3.8) is 0 Å². The van der Waals surface area contributed by atoms with Gasteiger partial charge in [0.15, 0.2) is 0 Å². The lowest BCUT2D eigenvalue weighted by molar-refractivity contribution is 0.0987. The number of rotatable bonds is 4. The SMILES string of the molecule is N#CCCN(C(=O)c1ccc(Cl)cc1Cl)c1ccccc1. The van der Waals surface area contributed by atoms with E-state index in [4.69, 9.17) is 28.5 Å². The quantitative estimate of drug-likeness (QED) is 0.829. The third kappa shape index (κ3) is 3.75. The summed E-state index contributed by atoms with van der Waals surface area (Å²) in [5, 5.41) is 9.54. The van der Waals surface area contributed by atoms with Crippen LogP contribution in [0.15, 0.2) is 48.5 Å². The summed E-state index contributed by atoms with van der Waals surface area (Å²) in [5.74, 6) is -0.252.